The van der Waals surface area contributed by atoms with Crippen LogP contribution < -0.4 is 0 Å². The van der Waals surface area contributed by atoms with Crippen molar-refractivity contribution in [1.29, 1.82) is 0 Å². The highest BCUT2D eigenvalue weighted by Gasteiger charge is 2.08. The second-order valence-electron chi connectivity index (χ2n) is 3.66. The fourth-order valence-electron chi connectivity index (χ4n) is 1.76. The Hall–Kier alpha value is -2.03. The van der Waals surface area contributed by atoms with E-state index in [1.807, 2.05) is 26.0 Å². The SMILES string of the molecule is Cc1cc(-c2c(C=O)ccnc2C)ccn1. The predicted molar refractivity (Wildman–Crippen MR) is 62.3 cm³/mol. The van der Waals surface area contributed by atoms with Gasteiger partial charge in [-0.1, -0.05) is 0 Å². The maximum absolute atomic E-state index is 11.0. The molecule has 0 aliphatic heterocycles. The van der Waals surface area contributed by atoms with Crippen molar-refractivity contribution in [3.05, 3.63) is 47.5 Å². The van der Waals surface area contributed by atoms with E-state index in [0.29, 0.717) is 5.56 Å². The third-order valence-electron chi connectivity index (χ3n) is 2.49. The predicted octanol–water partition coefficient (Wildman–Crippen LogP) is 2.57. The third-order valence-corrected chi connectivity index (χ3v) is 2.49. The summed E-state index contributed by atoms with van der Waals surface area (Å²) >= 11 is 0. The summed E-state index contributed by atoms with van der Waals surface area (Å²) in [5, 5.41) is 0. The van der Waals surface area contributed by atoms with Crippen LogP contribution in [0.4, 0.5) is 0 Å². The van der Waals surface area contributed by atoms with Gasteiger partial charge in [-0.2, -0.15) is 0 Å². The highest BCUT2D eigenvalue weighted by Crippen LogP contribution is 2.25. The molecule has 0 spiro atoms. The standard InChI is InChI=1S/C13H12N2O/c1-9-7-11(3-5-14-9)13-10(2)15-6-4-12(13)8-16/h3-8H,1-2H3. The Morgan fingerprint density at radius 3 is 2.56 bits per heavy atom. The number of carbonyl (C=O) groups excluding carboxylic acids is 1. The molecule has 0 fully saturated rings. The zero-order chi connectivity index (χ0) is 11.5. The molecule has 0 aliphatic rings. The van der Waals surface area contributed by atoms with E-state index in [4.69, 9.17) is 0 Å². The molecule has 2 rings (SSSR count). The number of aryl methyl sites for hydroxylation is 2. The van der Waals surface area contributed by atoms with Crippen molar-refractivity contribution >= 4 is 6.29 Å². The van der Waals surface area contributed by atoms with Gasteiger partial charge in [0.05, 0.1) is 0 Å². The monoisotopic (exact) mass is 212 g/mol. The topological polar surface area (TPSA) is 42.9 Å². The number of pyridine rings is 2. The Balaban J connectivity index is 2.67. The molecule has 0 aromatic carbocycles. The Kier molecular flexibility index (Phi) is 2.77. The smallest absolute Gasteiger partial charge is 0.150 e. The summed E-state index contributed by atoms with van der Waals surface area (Å²) in [5.74, 6) is 0. The van der Waals surface area contributed by atoms with Gasteiger partial charge in [0.2, 0.25) is 0 Å². The van der Waals surface area contributed by atoms with Crippen molar-refractivity contribution in [1.82, 2.24) is 9.97 Å². The summed E-state index contributed by atoms with van der Waals surface area (Å²) in [4.78, 5) is 19.4. The van der Waals surface area contributed by atoms with Gasteiger partial charge < -0.3 is 0 Å². The number of aldehydes is 1. The maximum Gasteiger partial charge on any atom is 0.150 e. The molecule has 2 heterocycles. The van der Waals surface area contributed by atoms with E-state index in [0.717, 1.165) is 28.8 Å². The van der Waals surface area contributed by atoms with Gasteiger partial charge in [-0.05, 0) is 37.6 Å². The van der Waals surface area contributed by atoms with Gasteiger partial charge in [0.25, 0.3) is 0 Å². The van der Waals surface area contributed by atoms with Crippen LogP contribution in [0.5, 0.6) is 0 Å². The number of hydrogen-bond donors (Lipinski definition) is 0. The molecule has 2 aromatic rings. The van der Waals surface area contributed by atoms with E-state index in [1.54, 1.807) is 18.5 Å². The number of hydrogen-bond acceptors (Lipinski definition) is 3. The first-order valence-corrected chi connectivity index (χ1v) is 5.06. The molecule has 16 heavy (non-hydrogen) atoms. The highest BCUT2D eigenvalue weighted by atomic mass is 16.1. The Labute approximate surface area is 94.2 Å². The molecular formula is C13H12N2O. The second-order valence-corrected chi connectivity index (χ2v) is 3.66. The molecule has 3 heteroatoms. The van der Waals surface area contributed by atoms with E-state index in [1.165, 1.54) is 0 Å². The molecular weight excluding hydrogens is 200 g/mol. The number of carbonyl (C=O) groups is 1. The van der Waals surface area contributed by atoms with Crippen molar-refractivity contribution in [2.24, 2.45) is 0 Å². The zero-order valence-corrected chi connectivity index (χ0v) is 9.27. The largest absolute Gasteiger partial charge is 0.298 e. The summed E-state index contributed by atoms with van der Waals surface area (Å²) in [6.45, 7) is 3.83. The average molecular weight is 212 g/mol. The molecule has 0 radical (unpaired) electrons. The first-order valence-electron chi connectivity index (χ1n) is 5.06. The molecule has 2 aromatic heterocycles. The molecule has 0 N–H and O–H groups in total. The Morgan fingerprint density at radius 1 is 1.12 bits per heavy atom. The Bertz CT molecular complexity index is 535. The number of aromatic nitrogens is 2. The van der Waals surface area contributed by atoms with Crippen LogP contribution in [-0.4, -0.2) is 16.3 Å². The fraction of sp³-hybridized carbons (Fsp3) is 0.154. The van der Waals surface area contributed by atoms with Gasteiger partial charge in [0, 0.05) is 34.9 Å². The maximum atomic E-state index is 11.0. The van der Waals surface area contributed by atoms with Crippen molar-refractivity contribution in [2.45, 2.75) is 13.8 Å². The Morgan fingerprint density at radius 2 is 1.88 bits per heavy atom. The minimum Gasteiger partial charge on any atom is -0.298 e. The summed E-state index contributed by atoms with van der Waals surface area (Å²) in [5.41, 5.74) is 4.33. The van der Waals surface area contributed by atoms with Gasteiger partial charge in [-0.3, -0.25) is 14.8 Å². The van der Waals surface area contributed by atoms with Crippen molar-refractivity contribution in [3.63, 3.8) is 0 Å². The van der Waals surface area contributed by atoms with Gasteiger partial charge in [-0.15, -0.1) is 0 Å². The second kappa shape index (κ2) is 4.23. The lowest BCUT2D eigenvalue weighted by atomic mass is 10.00. The van der Waals surface area contributed by atoms with E-state index in [2.05, 4.69) is 9.97 Å². The molecule has 0 amide bonds. The van der Waals surface area contributed by atoms with Crippen LogP contribution in [0.2, 0.25) is 0 Å². The molecule has 0 atom stereocenters. The third kappa shape index (κ3) is 1.84. The van der Waals surface area contributed by atoms with Crippen LogP contribution in [0.25, 0.3) is 11.1 Å². The zero-order valence-electron chi connectivity index (χ0n) is 9.27. The van der Waals surface area contributed by atoms with Gasteiger partial charge in [-0.25, -0.2) is 0 Å². The molecule has 0 saturated carbocycles. The van der Waals surface area contributed by atoms with Crippen LogP contribution >= 0.6 is 0 Å². The van der Waals surface area contributed by atoms with Crippen LogP contribution in [0.1, 0.15) is 21.7 Å². The average Bonchev–Trinajstić information content (AvgIpc) is 2.28. The van der Waals surface area contributed by atoms with Crippen molar-refractivity contribution in [2.75, 3.05) is 0 Å². The van der Waals surface area contributed by atoms with Gasteiger partial charge in [0.15, 0.2) is 6.29 Å². The summed E-state index contributed by atoms with van der Waals surface area (Å²) < 4.78 is 0. The van der Waals surface area contributed by atoms with E-state index in [9.17, 15) is 4.79 Å². The number of nitrogens with zero attached hydrogens (tertiary/aromatic N) is 2. The van der Waals surface area contributed by atoms with Gasteiger partial charge >= 0.3 is 0 Å². The minimum absolute atomic E-state index is 0.665. The lowest BCUT2D eigenvalue weighted by molar-refractivity contribution is 0.112. The van der Waals surface area contributed by atoms with Crippen LogP contribution in [0.3, 0.4) is 0 Å². The van der Waals surface area contributed by atoms with E-state index in [-0.39, 0.29) is 0 Å². The molecule has 0 saturated heterocycles. The molecule has 0 bridgehead atoms. The van der Waals surface area contributed by atoms with E-state index < -0.39 is 0 Å². The normalized spacial score (nSPS) is 10.1. The summed E-state index contributed by atoms with van der Waals surface area (Å²) in [6.07, 6.45) is 4.25. The number of rotatable bonds is 2. The minimum atomic E-state index is 0.665. The highest BCUT2D eigenvalue weighted by molar-refractivity contribution is 5.88. The first kappa shape index (κ1) is 10.5. The lowest BCUT2D eigenvalue weighted by Crippen LogP contribution is -1.94. The van der Waals surface area contributed by atoms with Gasteiger partial charge in [0.1, 0.15) is 0 Å². The molecule has 80 valence electrons. The molecule has 0 unspecified atom stereocenters. The first-order chi connectivity index (χ1) is 7.72. The summed E-state index contributed by atoms with van der Waals surface area (Å²) in [6, 6.07) is 5.58. The van der Waals surface area contributed by atoms with Crippen LogP contribution in [0, 0.1) is 13.8 Å². The molecule has 3 nitrogen and oxygen atoms in total. The fourth-order valence-corrected chi connectivity index (χ4v) is 1.76. The van der Waals surface area contributed by atoms with Crippen LogP contribution in [-0.2, 0) is 0 Å². The van der Waals surface area contributed by atoms with E-state index >= 15 is 0 Å². The quantitative estimate of drug-likeness (QED) is 0.718. The van der Waals surface area contributed by atoms with Crippen LogP contribution in [0.15, 0.2) is 30.6 Å². The van der Waals surface area contributed by atoms with Crippen molar-refractivity contribution in [3.8, 4) is 11.1 Å². The molecule has 0 aliphatic carbocycles. The summed E-state index contributed by atoms with van der Waals surface area (Å²) in [7, 11) is 0. The lowest BCUT2D eigenvalue weighted by Gasteiger charge is -2.08. The van der Waals surface area contributed by atoms with Crippen molar-refractivity contribution < 1.29 is 4.79 Å².